The topological polar surface area (TPSA) is 39.1 Å². The van der Waals surface area contributed by atoms with E-state index in [9.17, 15) is 0 Å². The molecule has 1 saturated heterocycles. The Morgan fingerprint density at radius 2 is 2.35 bits per heavy atom. The molecule has 3 rings (SSSR count). The Morgan fingerprint density at radius 1 is 1.47 bits per heavy atom. The van der Waals surface area contributed by atoms with Gasteiger partial charge in [-0.2, -0.15) is 0 Å². The predicted octanol–water partition coefficient (Wildman–Crippen LogP) is 1.62. The molecule has 1 N–H and O–H groups in total. The third-order valence-corrected chi connectivity index (χ3v) is 3.39. The van der Waals surface area contributed by atoms with Crippen LogP contribution in [-0.2, 0) is 7.05 Å². The van der Waals surface area contributed by atoms with Gasteiger partial charge < -0.3 is 14.6 Å². The van der Waals surface area contributed by atoms with E-state index in [2.05, 4.69) is 20.9 Å². The molecule has 1 fully saturated rings. The fourth-order valence-electron chi connectivity index (χ4n) is 2.29. The van der Waals surface area contributed by atoms with Gasteiger partial charge in [0.05, 0.1) is 11.0 Å². The third kappa shape index (κ3) is 1.89. The molecule has 0 radical (unpaired) electrons. The van der Waals surface area contributed by atoms with Crippen LogP contribution in [0.25, 0.3) is 11.0 Å². The van der Waals surface area contributed by atoms with Crippen molar-refractivity contribution < 1.29 is 4.74 Å². The molecule has 0 aliphatic carbocycles. The summed E-state index contributed by atoms with van der Waals surface area (Å²) >= 11 is 0. The van der Waals surface area contributed by atoms with Gasteiger partial charge in [0.15, 0.2) is 0 Å². The second kappa shape index (κ2) is 4.04. The number of nitrogens with one attached hydrogen (secondary N) is 1. The standard InChI is InChI=1S/C13H17N3O/c1-9-15-12-7-10(3-4-13(12)16(9)2)17-11-5-6-14-8-11/h3-4,7,11,14H,5-6,8H2,1-2H3. The van der Waals surface area contributed by atoms with Crippen LogP contribution in [0.3, 0.4) is 0 Å². The number of imidazole rings is 1. The summed E-state index contributed by atoms with van der Waals surface area (Å²) in [7, 11) is 2.03. The van der Waals surface area contributed by atoms with Gasteiger partial charge in [-0.05, 0) is 32.0 Å². The van der Waals surface area contributed by atoms with Gasteiger partial charge in [0.1, 0.15) is 17.7 Å². The molecule has 0 spiro atoms. The fourth-order valence-corrected chi connectivity index (χ4v) is 2.29. The number of rotatable bonds is 2. The van der Waals surface area contributed by atoms with Crippen LogP contribution in [0.15, 0.2) is 18.2 Å². The average molecular weight is 231 g/mol. The summed E-state index contributed by atoms with van der Waals surface area (Å²) in [6.07, 6.45) is 1.39. The van der Waals surface area contributed by atoms with Crippen LogP contribution in [0.1, 0.15) is 12.2 Å². The van der Waals surface area contributed by atoms with Gasteiger partial charge in [-0.1, -0.05) is 0 Å². The van der Waals surface area contributed by atoms with Crippen molar-refractivity contribution in [3.05, 3.63) is 24.0 Å². The van der Waals surface area contributed by atoms with E-state index in [1.54, 1.807) is 0 Å². The van der Waals surface area contributed by atoms with Crippen LogP contribution >= 0.6 is 0 Å². The van der Waals surface area contributed by atoms with Gasteiger partial charge in [-0.25, -0.2) is 4.98 Å². The minimum Gasteiger partial charge on any atom is -0.489 e. The van der Waals surface area contributed by atoms with Crippen molar-refractivity contribution >= 4 is 11.0 Å². The van der Waals surface area contributed by atoms with Gasteiger partial charge in [-0.3, -0.25) is 0 Å². The molecule has 4 nitrogen and oxygen atoms in total. The normalized spacial score (nSPS) is 20.0. The van der Waals surface area contributed by atoms with Crippen molar-refractivity contribution in [2.24, 2.45) is 7.05 Å². The molecule has 4 heteroatoms. The fraction of sp³-hybridized carbons (Fsp3) is 0.462. The van der Waals surface area contributed by atoms with Crippen molar-refractivity contribution in [3.63, 3.8) is 0 Å². The Kier molecular flexibility index (Phi) is 2.52. The van der Waals surface area contributed by atoms with Gasteiger partial charge in [-0.15, -0.1) is 0 Å². The zero-order chi connectivity index (χ0) is 11.8. The van der Waals surface area contributed by atoms with E-state index in [0.29, 0.717) is 6.10 Å². The lowest BCUT2D eigenvalue weighted by Crippen LogP contribution is -2.19. The minimum atomic E-state index is 0.303. The zero-order valence-electron chi connectivity index (χ0n) is 10.2. The van der Waals surface area contributed by atoms with E-state index in [1.165, 1.54) is 0 Å². The number of ether oxygens (including phenoxy) is 1. The SMILES string of the molecule is Cc1nc2cc(OC3CCNC3)ccc2n1C. The maximum Gasteiger partial charge on any atom is 0.122 e. The van der Waals surface area contributed by atoms with E-state index < -0.39 is 0 Å². The number of aromatic nitrogens is 2. The Balaban J connectivity index is 1.90. The summed E-state index contributed by atoms with van der Waals surface area (Å²) in [6.45, 7) is 4.01. The van der Waals surface area contributed by atoms with E-state index in [1.807, 2.05) is 26.1 Å². The molecule has 1 aliphatic heterocycles. The van der Waals surface area contributed by atoms with Crippen molar-refractivity contribution in [1.29, 1.82) is 0 Å². The molecule has 2 aromatic rings. The van der Waals surface area contributed by atoms with Crippen LogP contribution in [0.2, 0.25) is 0 Å². The molecule has 1 aromatic carbocycles. The van der Waals surface area contributed by atoms with Crippen LogP contribution in [0.5, 0.6) is 5.75 Å². The maximum absolute atomic E-state index is 5.92. The quantitative estimate of drug-likeness (QED) is 0.853. The highest BCUT2D eigenvalue weighted by atomic mass is 16.5. The molecule has 90 valence electrons. The van der Waals surface area contributed by atoms with Crippen molar-refractivity contribution in [2.45, 2.75) is 19.4 Å². The molecular weight excluding hydrogens is 214 g/mol. The first-order valence-corrected chi connectivity index (χ1v) is 6.04. The lowest BCUT2D eigenvalue weighted by atomic mass is 10.2. The van der Waals surface area contributed by atoms with Crippen molar-refractivity contribution in [1.82, 2.24) is 14.9 Å². The Morgan fingerprint density at radius 3 is 3.12 bits per heavy atom. The molecule has 1 aromatic heterocycles. The highest BCUT2D eigenvalue weighted by Gasteiger charge is 2.16. The first kappa shape index (κ1) is 10.6. The molecule has 0 bridgehead atoms. The molecule has 0 saturated carbocycles. The molecule has 2 heterocycles. The van der Waals surface area contributed by atoms with Crippen LogP contribution in [0, 0.1) is 6.92 Å². The van der Waals surface area contributed by atoms with E-state index in [-0.39, 0.29) is 0 Å². The summed E-state index contributed by atoms with van der Waals surface area (Å²) in [4.78, 5) is 4.52. The first-order valence-electron chi connectivity index (χ1n) is 6.04. The summed E-state index contributed by atoms with van der Waals surface area (Å²) < 4.78 is 8.01. The first-order chi connectivity index (χ1) is 8.24. The smallest absolute Gasteiger partial charge is 0.122 e. The average Bonchev–Trinajstić information content (AvgIpc) is 2.89. The summed E-state index contributed by atoms with van der Waals surface area (Å²) in [5.74, 6) is 1.95. The lowest BCUT2D eigenvalue weighted by molar-refractivity contribution is 0.223. The van der Waals surface area contributed by atoms with E-state index >= 15 is 0 Å². The predicted molar refractivity (Wildman–Crippen MR) is 67.4 cm³/mol. The largest absolute Gasteiger partial charge is 0.489 e. The van der Waals surface area contributed by atoms with Crippen molar-refractivity contribution in [3.8, 4) is 5.75 Å². The second-order valence-corrected chi connectivity index (χ2v) is 4.60. The molecule has 0 amide bonds. The highest BCUT2D eigenvalue weighted by Crippen LogP contribution is 2.22. The van der Waals surface area contributed by atoms with Gasteiger partial charge in [0.25, 0.3) is 0 Å². The lowest BCUT2D eigenvalue weighted by Gasteiger charge is -2.12. The Bertz CT molecular complexity index is 541. The number of nitrogens with zero attached hydrogens (tertiary/aromatic N) is 2. The van der Waals surface area contributed by atoms with E-state index in [0.717, 1.165) is 42.1 Å². The van der Waals surface area contributed by atoms with E-state index in [4.69, 9.17) is 4.74 Å². The third-order valence-electron chi connectivity index (χ3n) is 3.39. The summed E-state index contributed by atoms with van der Waals surface area (Å²) in [5.41, 5.74) is 2.16. The number of hydrogen-bond acceptors (Lipinski definition) is 3. The summed E-state index contributed by atoms with van der Waals surface area (Å²) in [6, 6.07) is 6.13. The number of benzene rings is 1. The van der Waals surface area contributed by atoms with Crippen LogP contribution in [-0.4, -0.2) is 28.7 Å². The Labute approximate surface area is 101 Å². The molecule has 1 unspecified atom stereocenters. The van der Waals surface area contributed by atoms with Gasteiger partial charge in [0, 0.05) is 19.7 Å². The van der Waals surface area contributed by atoms with Crippen LogP contribution in [0.4, 0.5) is 0 Å². The Hall–Kier alpha value is -1.55. The van der Waals surface area contributed by atoms with Crippen molar-refractivity contribution in [2.75, 3.05) is 13.1 Å². The summed E-state index contributed by atoms with van der Waals surface area (Å²) in [5, 5.41) is 3.30. The number of aryl methyl sites for hydroxylation is 2. The second-order valence-electron chi connectivity index (χ2n) is 4.60. The maximum atomic E-state index is 5.92. The van der Waals surface area contributed by atoms with Gasteiger partial charge >= 0.3 is 0 Å². The molecule has 1 aliphatic rings. The highest BCUT2D eigenvalue weighted by molar-refractivity contribution is 5.77. The zero-order valence-corrected chi connectivity index (χ0v) is 10.2. The number of fused-ring (bicyclic) bond motifs is 1. The number of hydrogen-bond donors (Lipinski definition) is 1. The minimum absolute atomic E-state index is 0.303. The molecule has 17 heavy (non-hydrogen) atoms. The van der Waals surface area contributed by atoms with Gasteiger partial charge in [0.2, 0.25) is 0 Å². The monoisotopic (exact) mass is 231 g/mol. The molecular formula is C13H17N3O. The van der Waals surface area contributed by atoms with Crippen LogP contribution < -0.4 is 10.1 Å². The molecule has 1 atom stereocenters.